The van der Waals surface area contributed by atoms with Gasteiger partial charge in [0, 0.05) is 28.1 Å². The molecule has 0 saturated heterocycles. The van der Waals surface area contributed by atoms with E-state index in [1.54, 1.807) is 13.3 Å². The number of fused-ring (bicyclic) bond motifs is 7. The van der Waals surface area contributed by atoms with Crippen molar-refractivity contribution >= 4 is 28.4 Å². The second-order valence-electron chi connectivity index (χ2n) is 6.40. The molecule has 2 aromatic rings. The van der Waals surface area contributed by atoms with Crippen molar-refractivity contribution < 1.29 is 14.3 Å². The van der Waals surface area contributed by atoms with Crippen LogP contribution in [0.3, 0.4) is 0 Å². The molecule has 0 spiro atoms. The summed E-state index contributed by atoms with van der Waals surface area (Å²) in [6.07, 6.45) is 4.71. The molecule has 6 nitrogen and oxygen atoms in total. The molecule has 23 heavy (non-hydrogen) atoms. The summed E-state index contributed by atoms with van der Waals surface area (Å²) < 4.78 is 5.27. The van der Waals surface area contributed by atoms with Crippen molar-refractivity contribution in [3.05, 3.63) is 29.1 Å². The highest BCUT2D eigenvalue weighted by Crippen LogP contribution is 2.53. The molecular weight excluding hydrogens is 294 g/mol. The van der Waals surface area contributed by atoms with Gasteiger partial charge in [-0.05, 0) is 24.8 Å². The zero-order valence-corrected chi connectivity index (χ0v) is 12.6. The van der Waals surface area contributed by atoms with Crippen molar-refractivity contribution in [3.63, 3.8) is 0 Å². The molecule has 0 radical (unpaired) electrons. The molecule has 116 valence electrons. The largest absolute Gasteiger partial charge is 0.495 e. The molecule has 1 aliphatic heterocycles. The number of nitrogens with one attached hydrogen (secondary N) is 2. The molecule has 2 atom stereocenters. The minimum atomic E-state index is -0.291. The highest BCUT2D eigenvalue weighted by Gasteiger charge is 2.48. The Kier molecular flexibility index (Phi) is 2.36. The molecule has 2 N–H and O–H groups in total. The number of hydrogen-bond donors (Lipinski definition) is 2. The van der Waals surface area contributed by atoms with E-state index in [1.165, 1.54) is 0 Å². The zero-order chi connectivity index (χ0) is 15.7. The lowest BCUT2D eigenvalue weighted by Crippen LogP contribution is -2.24. The van der Waals surface area contributed by atoms with E-state index in [1.807, 2.05) is 6.07 Å². The number of amides is 2. The number of imide groups is 1. The minimum Gasteiger partial charge on any atom is -0.495 e. The van der Waals surface area contributed by atoms with Crippen LogP contribution in [0.5, 0.6) is 5.75 Å². The van der Waals surface area contributed by atoms with Crippen molar-refractivity contribution in [3.8, 4) is 5.75 Å². The summed E-state index contributed by atoms with van der Waals surface area (Å²) >= 11 is 0. The number of pyridine rings is 1. The number of hydrogen-bond acceptors (Lipinski definition) is 4. The number of methoxy groups -OCH3 is 1. The predicted octanol–water partition coefficient (Wildman–Crippen LogP) is 1.88. The van der Waals surface area contributed by atoms with E-state index >= 15 is 0 Å². The number of aromatic amines is 1. The van der Waals surface area contributed by atoms with E-state index in [4.69, 9.17) is 4.74 Å². The first-order valence-electron chi connectivity index (χ1n) is 7.85. The highest BCUT2D eigenvalue weighted by atomic mass is 16.5. The third-order valence-corrected chi connectivity index (χ3v) is 5.37. The standard InChI is InChI=1S/C17H15N3O3/c1-23-7-5-10-11-13-12(16(21)20-17(13)22)8-3-2-4-9(8)14(11)19-15(10)18-6-7/h5-6,8-9H,2-4H2,1H3,(H,18,19)(H,20,21,22). The zero-order valence-electron chi connectivity index (χ0n) is 12.6. The summed E-state index contributed by atoms with van der Waals surface area (Å²) in [4.78, 5) is 32.5. The fourth-order valence-electron chi connectivity index (χ4n) is 4.45. The summed E-state index contributed by atoms with van der Waals surface area (Å²) in [5.74, 6) is 0.525. The van der Waals surface area contributed by atoms with Crippen molar-refractivity contribution in [2.75, 3.05) is 7.11 Å². The lowest BCUT2D eigenvalue weighted by molar-refractivity contribution is -0.123. The van der Waals surface area contributed by atoms with Crippen molar-refractivity contribution in [1.82, 2.24) is 15.3 Å². The Morgan fingerprint density at radius 1 is 1.22 bits per heavy atom. The van der Waals surface area contributed by atoms with Gasteiger partial charge in [0.2, 0.25) is 0 Å². The normalized spacial score (nSPS) is 25.4. The summed E-state index contributed by atoms with van der Waals surface area (Å²) in [7, 11) is 1.59. The Labute approximate surface area is 131 Å². The summed E-state index contributed by atoms with van der Waals surface area (Å²) in [6, 6.07) is 1.88. The Balaban J connectivity index is 1.88. The van der Waals surface area contributed by atoms with Gasteiger partial charge in [-0.15, -0.1) is 0 Å². The smallest absolute Gasteiger partial charge is 0.259 e. The van der Waals surface area contributed by atoms with E-state index in [9.17, 15) is 9.59 Å². The Bertz CT molecular complexity index is 925. The lowest BCUT2D eigenvalue weighted by Gasteiger charge is -2.25. The monoisotopic (exact) mass is 309 g/mol. The Morgan fingerprint density at radius 3 is 2.87 bits per heavy atom. The molecule has 1 fully saturated rings. The van der Waals surface area contributed by atoms with E-state index in [0.717, 1.165) is 41.6 Å². The van der Waals surface area contributed by atoms with Crippen LogP contribution in [0.4, 0.5) is 0 Å². The van der Waals surface area contributed by atoms with Crippen LogP contribution in [0.15, 0.2) is 17.8 Å². The van der Waals surface area contributed by atoms with Gasteiger partial charge in [0.1, 0.15) is 11.4 Å². The van der Waals surface area contributed by atoms with Crippen molar-refractivity contribution in [2.24, 2.45) is 5.92 Å². The number of rotatable bonds is 1. The van der Waals surface area contributed by atoms with Crippen molar-refractivity contribution in [2.45, 2.75) is 25.2 Å². The molecule has 0 aromatic carbocycles. The molecule has 2 amide bonds. The fourth-order valence-corrected chi connectivity index (χ4v) is 4.45. The van der Waals surface area contributed by atoms with Gasteiger partial charge in [-0.1, -0.05) is 6.42 Å². The number of carbonyl (C=O) groups is 2. The van der Waals surface area contributed by atoms with Gasteiger partial charge >= 0.3 is 0 Å². The lowest BCUT2D eigenvalue weighted by atomic mass is 9.76. The van der Waals surface area contributed by atoms with Gasteiger partial charge < -0.3 is 9.72 Å². The van der Waals surface area contributed by atoms with Gasteiger partial charge in [0.25, 0.3) is 11.8 Å². The number of carbonyl (C=O) groups excluding carboxylic acids is 2. The summed E-state index contributed by atoms with van der Waals surface area (Å²) in [6.45, 7) is 0. The number of ether oxygens (including phenoxy) is 1. The van der Waals surface area contributed by atoms with Gasteiger partial charge in [0.05, 0.1) is 18.9 Å². The molecule has 3 aliphatic rings. The topological polar surface area (TPSA) is 84.1 Å². The summed E-state index contributed by atoms with van der Waals surface area (Å²) in [5.41, 5.74) is 3.84. The molecule has 5 rings (SSSR count). The molecular formula is C17H15N3O3. The van der Waals surface area contributed by atoms with E-state index in [2.05, 4.69) is 15.3 Å². The molecule has 3 heterocycles. The third kappa shape index (κ3) is 1.50. The predicted molar refractivity (Wildman–Crippen MR) is 82.8 cm³/mol. The number of H-pyrrole nitrogens is 1. The first-order valence-corrected chi connectivity index (χ1v) is 7.85. The van der Waals surface area contributed by atoms with E-state index in [0.29, 0.717) is 16.9 Å². The Hall–Kier alpha value is -2.63. The van der Waals surface area contributed by atoms with Crippen LogP contribution in [-0.2, 0) is 9.59 Å². The maximum absolute atomic E-state index is 12.4. The highest BCUT2D eigenvalue weighted by molar-refractivity contribution is 6.38. The van der Waals surface area contributed by atoms with Crippen LogP contribution < -0.4 is 10.1 Å². The molecule has 2 aromatic heterocycles. The van der Waals surface area contributed by atoms with Crippen LogP contribution in [0.2, 0.25) is 0 Å². The Morgan fingerprint density at radius 2 is 2.04 bits per heavy atom. The SMILES string of the molecule is COc1cnc2[nH]c3c(c2c1)C1=C(C(=O)NC1=O)C1CCCC31. The second kappa shape index (κ2) is 4.22. The van der Waals surface area contributed by atoms with Crippen LogP contribution in [-0.4, -0.2) is 28.9 Å². The van der Waals surface area contributed by atoms with Gasteiger partial charge in [-0.25, -0.2) is 4.98 Å². The summed E-state index contributed by atoms with van der Waals surface area (Å²) in [5, 5.41) is 3.33. The first-order chi connectivity index (χ1) is 11.2. The molecule has 2 aliphatic carbocycles. The quantitative estimate of drug-likeness (QED) is 0.788. The van der Waals surface area contributed by atoms with Gasteiger partial charge in [-0.3, -0.25) is 14.9 Å². The van der Waals surface area contributed by atoms with Crippen LogP contribution in [0, 0.1) is 5.92 Å². The molecule has 6 heteroatoms. The van der Waals surface area contributed by atoms with Crippen LogP contribution >= 0.6 is 0 Å². The molecule has 0 bridgehead atoms. The third-order valence-electron chi connectivity index (χ3n) is 5.37. The fraction of sp³-hybridized carbons (Fsp3) is 0.353. The maximum atomic E-state index is 12.4. The van der Waals surface area contributed by atoms with Gasteiger partial charge in [0.15, 0.2) is 0 Å². The van der Waals surface area contributed by atoms with Crippen LogP contribution in [0.25, 0.3) is 16.6 Å². The van der Waals surface area contributed by atoms with Crippen LogP contribution in [0.1, 0.15) is 36.4 Å². The van der Waals surface area contributed by atoms with E-state index in [-0.39, 0.29) is 23.7 Å². The average Bonchev–Trinajstić information content (AvgIpc) is 3.22. The first kappa shape index (κ1) is 12.9. The minimum absolute atomic E-state index is 0.138. The van der Waals surface area contributed by atoms with Crippen molar-refractivity contribution in [1.29, 1.82) is 0 Å². The second-order valence-corrected chi connectivity index (χ2v) is 6.40. The average molecular weight is 309 g/mol. The number of aromatic nitrogens is 2. The van der Waals surface area contributed by atoms with E-state index < -0.39 is 0 Å². The molecule has 1 saturated carbocycles. The van der Waals surface area contributed by atoms with Gasteiger partial charge in [-0.2, -0.15) is 0 Å². The molecule has 2 unspecified atom stereocenters. The maximum Gasteiger partial charge on any atom is 0.259 e. The number of nitrogens with zero attached hydrogens (tertiary/aromatic N) is 1.